The number of methoxy groups -OCH3 is 1. The molecule has 8 heteroatoms. The lowest BCUT2D eigenvalue weighted by Gasteiger charge is -2.22. The van der Waals surface area contributed by atoms with Crippen molar-refractivity contribution in [3.63, 3.8) is 0 Å². The molecule has 138 valence electrons. The molecule has 2 N–H and O–H groups in total. The van der Waals surface area contributed by atoms with Gasteiger partial charge in [-0.1, -0.05) is 6.07 Å². The molecule has 2 aromatic rings. The summed E-state index contributed by atoms with van der Waals surface area (Å²) in [7, 11) is 1.62. The van der Waals surface area contributed by atoms with Crippen LogP contribution in [-0.4, -0.2) is 53.4 Å². The first-order valence-corrected chi connectivity index (χ1v) is 8.58. The average molecular weight is 357 g/mol. The lowest BCUT2D eigenvalue weighted by Crippen LogP contribution is -2.42. The van der Waals surface area contributed by atoms with Gasteiger partial charge in [0.05, 0.1) is 25.0 Å². The number of nitrogens with zero attached hydrogens (tertiary/aromatic N) is 3. The Morgan fingerprint density at radius 3 is 3.04 bits per heavy atom. The first-order valence-electron chi connectivity index (χ1n) is 8.58. The predicted molar refractivity (Wildman–Crippen MR) is 96.3 cm³/mol. The molecule has 1 aliphatic heterocycles. The van der Waals surface area contributed by atoms with Crippen LogP contribution in [0.2, 0.25) is 0 Å². The first kappa shape index (κ1) is 17.8. The van der Waals surface area contributed by atoms with Crippen LogP contribution in [0.4, 0.5) is 4.79 Å². The molecule has 1 unspecified atom stereocenters. The molecule has 0 aliphatic carbocycles. The molecule has 8 nitrogen and oxygen atoms in total. The standard InChI is InChI=1S/C18H23N5O3/c1-13(21-18(25)22-8-6-17(24)19-7-9-22)14-11-20-23(12-14)15-4-3-5-16(10-15)26-2/h3-5,10-13H,6-9H2,1-2H3,(H,19,24)(H,21,25). The lowest BCUT2D eigenvalue weighted by atomic mass is 10.2. The van der Waals surface area contributed by atoms with E-state index in [0.29, 0.717) is 26.1 Å². The Hall–Kier alpha value is -3.03. The fourth-order valence-electron chi connectivity index (χ4n) is 2.78. The van der Waals surface area contributed by atoms with Gasteiger partial charge in [0, 0.05) is 43.9 Å². The van der Waals surface area contributed by atoms with Gasteiger partial charge in [0.25, 0.3) is 0 Å². The Morgan fingerprint density at radius 2 is 2.23 bits per heavy atom. The largest absolute Gasteiger partial charge is 0.497 e. The second-order valence-electron chi connectivity index (χ2n) is 6.18. The molecule has 2 heterocycles. The van der Waals surface area contributed by atoms with Crippen molar-refractivity contribution in [1.29, 1.82) is 0 Å². The quantitative estimate of drug-likeness (QED) is 0.867. The van der Waals surface area contributed by atoms with Crippen LogP contribution in [0.5, 0.6) is 5.75 Å². The van der Waals surface area contributed by atoms with Crippen LogP contribution < -0.4 is 15.4 Å². The zero-order valence-corrected chi connectivity index (χ0v) is 14.9. The third kappa shape index (κ3) is 4.14. The van der Waals surface area contributed by atoms with Gasteiger partial charge < -0.3 is 20.3 Å². The van der Waals surface area contributed by atoms with Crippen LogP contribution in [0.1, 0.15) is 24.9 Å². The van der Waals surface area contributed by atoms with Crippen molar-refractivity contribution in [3.05, 3.63) is 42.2 Å². The Kier molecular flexibility index (Phi) is 5.40. The third-order valence-electron chi connectivity index (χ3n) is 4.36. The normalized spacial score (nSPS) is 15.8. The zero-order valence-electron chi connectivity index (χ0n) is 14.9. The van der Waals surface area contributed by atoms with Crippen LogP contribution >= 0.6 is 0 Å². The molecular weight excluding hydrogens is 334 g/mol. The van der Waals surface area contributed by atoms with Crippen molar-refractivity contribution in [2.24, 2.45) is 0 Å². The number of hydrogen-bond donors (Lipinski definition) is 2. The van der Waals surface area contributed by atoms with Gasteiger partial charge in [0.2, 0.25) is 5.91 Å². The highest BCUT2D eigenvalue weighted by molar-refractivity contribution is 5.79. The van der Waals surface area contributed by atoms with Crippen molar-refractivity contribution >= 4 is 11.9 Å². The average Bonchev–Trinajstić information content (AvgIpc) is 3.05. The van der Waals surface area contributed by atoms with Gasteiger partial charge in [-0.15, -0.1) is 0 Å². The SMILES string of the molecule is COc1cccc(-n2cc(C(C)NC(=O)N3CCNC(=O)CC3)cn2)c1. The Bertz CT molecular complexity index is 789. The van der Waals surface area contributed by atoms with Gasteiger partial charge in [-0.3, -0.25) is 4.79 Å². The summed E-state index contributed by atoms with van der Waals surface area (Å²) in [5.41, 5.74) is 1.77. The Balaban J connectivity index is 1.65. The van der Waals surface area contributed by atoms with E-state index in [1.165, 1.54) is 0 Å². The minimum Gasteiger partial charge on any atom is -0.497 e. The lowest BCUT2D eigenvalue weighted by molar-refractivity contribution is -0.120. The molecule has 3 amide bonds. The number of carbonyl (C=O) groups excluding carboxylic acids is 2. The highest BCUT2D eigenvalue weighted by Gasteiger charge is 2.20. The van der Waals surface area contributed by atoms with Gasteiger partial charge in [-0.2, -0.15) is 5.10 Å². The number of nitrogens with one attached hydrogen (secondary N) is 2. The van der Waals surface area contributed by atoms with Gasteiger partial charge in [-0.05, 0) is 19.1 Å². The van der Waals surface area contributed by atoms with E-state index in [1.807, 2.05) is 37.4 Å². The molecular formula is C18H23N5O3. The van der Waals surface area contributed by atoms with E-state index >= 15 is 0 Å². The monoisotopic (exact) mass is 357 g/mol. The predicted octanol–water partition coefficient (Wildman–Crippen LogP) is 1.47. The summed E-state index contributed by atoms with van der Waals surface area (Å²) in [6.45, 7) is 3.32. The van der Waals surface area contributed by atoms with Crippen LogP contribution in [0.15, 0.2) is 36.7 Å². The number of carbonyl (C=O) groups is 2. The van der Waals surface area contributed by atoms with Gasteiger partial charge in [0.1, 0.15) is 5.75 Å². The third-order valence-corrected chi connectivity index (χ3v) is 4.36. The maximum Gasteiger partial charge on any atom is 0.317 e. The van der Waals surface area contributed by atoms with Gasteiger partial charge in [0.15, 0.2) is 0 Å². The number of hydrogen-bond acceptors (Lipinski definition) is 4. The van der Waals surface area contributed by atoms with Gasteiger partial charge >= 0.3 is 6.03 Å². The van der Waals surface area contributed by atoms with E-state index in [2.05, 4.69) is 15.7 Å². The smallest absolute Gasteiger partial charge is 0.317 e. The van der Waals surface area contributed by atoms with Crippen LogP contribution in [-0.2, 0) is 4.79 Å². The van der Waals surface area contributed by atoms with E-state index < -0.39 is 0 Å². The zero-order chi connectivity index (χ0) is 18.5. The van der Waals surface area contributed by atoms with E-state index in [1.54, 1.807) is 22.9 Å². The molecule has 0 bridgehead atoms. The summed E-state index contributed by atoms with van der Waals surface area (Å²) in [5.74, 6) is 0.734. The molecule has 1 fully saturated rings. The summed E-state index contributed by atoms with van der Waals surface area (Å²) in [5, 5.41) is 10.1. The molecule has 1 aromatic heterocycles. The number of benzene rings is 1. The summed E-state index contributed by atoms with van der Waals surface area (Å²) in [6.07, 6.45) is 3.95. The van der Waals surface area contributed by atoms with Crippen molar-refractivity contribution in [1.82, 2.24) is 25.3 Å². The molecule has 0 spiro atoms. The minimum absolute atomic E-state index is 0.0204. The number of rotatable bonds is 4. The second kappa shape index (κ2) is 7.90. The maximum atomic E-state index is 12.4. The van der Waals surface area contributed by atoms with E-state index in [0.717, 1.165) is 17.0 Å². The minimum atomic E-state index is -0.200. The fourth-order valence-corrected chi connectivity index (χ4v) is 2.78. The highest BCUT2D eigenvalue weighted by Crippen LogP contribution is 2.18. The highest BCUT2D eigenvalue weighted by atomic mass is 16.5. The van der Waals surface area contributed by atoms with E-state index in [-0.39, 0.29) is 18.0 Å². The maximum absolute atomic E-state index is 12.4. The second-order valence-corrected chi connectivity index (χ2v) is 6.18. The first-order chi connectivity index (χ1) is 12.6. The molecule has 1 atom stereocenters. The molecule has 26 heavy (non-hydrogen) atoms. The molecule has 3 rings (SSSR count). The van der Waals surface area contributed by atoms with E-state index in [4.69, 9.17) is 4.74 Å². The van der Waals surface area contributed by atoms with E-state index in [9.17, 15) is 9.59 Å². The summed E-state index contributed by atoms with van der Waals surface area (Å²) in [4.78, 5) is 25.5. The Morgan fingerprint density at radius 1 is 1.38 bits per heavy atom. The molecule has 1 aliphatic rings. The van der Waals surface area contributed by atoms with Crippen molar-refractivity contribution in [3.8, 4) is 11.4 Å². The van der Waals surface area contributed by atoms with Crippen LogP contribution in [0.3, 0.4) is 0 Å². The molecule has 1 aromatic carbocycles. The molecule has 0 saturated carbocycles. The number of aromatic nitrogens is 2. The summed E-state index contributed by atoms with van der Waals surface area (Å²) < 4.78 is 6.98. The van der Waals surface area contributed by atoms with Crippen molar-refractivity contribution in [2.75, 3.05) is 26.7 Å². The molecule has 0 radical (unpaired) electrons. The van der Waals surface area contributed by atoms with Crippen LogP contribution in [0, 0.1) is 0 Å². The Labute approximate surface area is 152 Å². The molecule has 1 saturated heterocycles. The fraction of sp³-hybridized carbons (Fsp3) is 0.389. The van der Waals surface area contributed by atoms with Crippen molar-refractivity contribution < 1.29 is 14.3 Å². The summed E-state index contributed by atoms with van der Waals surface area (Å²) in [6, 6.07) is 7.22. The van der Waals surface area contributed by atoms with Crippen LogP contribution in [0.25, 0.3) is 5.69 Å². The number of amides is 3. The number of ether oxygens (including phenoxy) is 1. The van der Waals surface area contributed by atoms with Crippen molar-refractivity contribution in [2.45, 2.75) is 19.4 Å². The topological polar surface area (TPSA) is 88.5 Å². The van der Waals surface area contributed by atoms with Gasteiger partial charge in [-0.25, -0.2) is 9.48 Å². The summed E-state index contributed by atoms with van der Waals surface area (Å²) >= 11 is 0. The number of urea groups is 1.